The Hall–Kier alpha value is -2.69. The third-order valence-electron chi connectivity index (χ3n) is 4.38. The van der Waals surface area contributed by atoms with Crippen LogP contribution in [0.15, 0.2) is 47.5 Å². The van der Waals surface area contributed by atoms with Crippen molar-refractivity contribution in [2.24, 2.45) is 4.99 Å². The summed E-state index contributed by atoms with van der Waals surface area (Å²) in [4.78, 5) is 4.77. The summed E-state index contributed by atoms with van der Waals surface area (Å²) < 4.78 is 11.1. The first kappa shape index (κ1) is 18.1. The van der Waals surface area contributed by atoms with Gasteiger partial charge in [-0.3, -0.25) is 0 Å². The molecule has 26 heavy (non-hydrogen) atoms. The zero-order valence-corrected chi connectivity index (χ0v) is 15.7. The summed E-state index contributed by atoms with van der Waals surface area (Å²) >= 11 is 0. The molecule has 1 aliphatic heterocycles. The van der Waals surface area contributed by atoms with Gasteiger partial charge in [-0.1, -0.05) is 24.3 Å². The topological polar surface area (TPSA) is 54.9 Å². The number of nitrogens with one attached hydrogen (secondary N) is 2. The van der Waals surface area contributed by atoms with Gasteiger partial charge in [-0.05, 0) is 43.2 Å². The number of ether oxygens (including phenoxy) is 2. The highest BCUT2D eigenvalue weighted by Gasteiger charge is 2.21. The van der Waals surface area contributed by atoms with E-state index in [1.165, 1.54) is 11.1 Å². The van der Waals surface area contributed by atoms with E-state index in [2.05, 4.69) is 36.6 Å². The number of aliphatic imine (C=N–C) groups is 1. The maximum atomic E-state index is 5.75. The van der Waals surface area contributed by atoms with Gasteiger partial charge in [0.25, 0.3) is 0 Å². The molecule has 5 nitrogen and oxygen atoms in total. The number of hydrogen-bond acceptors (Lipinski definition) is 3. The van der Waals surface area contributed by atoms with Gasteiger partial charge < -0.3 is 20.1 Å². The standard InChI is InChI=1S/C21H27N3O2/c1-4-22-21(23-14-16-11-15(2)12-17(13-16)25-3)24-19-9-10-26-20-8-6-5-7-18(19)20/h5-8,11-13,19H,4,9-10,14H2,1-3H3,(H2,22,23,24). The molecule has 2 aromatic rings. The van der Waals surface area contributed by atoms with Crippen molar-refractivity contribution in [3.63, 3.8) is 0 Å². The fourth-order valence-corrected chi connectivity index (χ4v) is 3.18. The predicted molar refractivity (Wildman–Crippen MR) is 105 cm³/mol. The molecule has 0 aliphatic carbocycles. The number of guanidine groups is 1. The molecule has 1 unspecified atom stereocenters. The third-order valence-corrected chi connectivity index (χ3v) is 4.38. The maximum absolute atomic E-state index is 5.75. The van der Waals surface area contributed by atoms with Crippen molar-refractivity contribution in [3.8, 4) is 11.5 Å². The van der Waals surface area contributed by atoms with Crippen molar-refractivity contribution in [1.29, 1.82) is 0 Å². The lowest BCUT2D eigenvalue weighted by Crippen LogP contribution is -2.41. The minimum atomic E-state index is 0.199. The molecule has 0 bridgehead atoms. The Balaban J connectivity index is 1.75. The van der Waals surface area contributed by atoms with E-state index in [-0.39, 0.29) is 6.04 Å². The number of methoxy groups -OCH3 is 1. The lowest BCUT2D eigenvalue weighted by atomic mass is 10.0. The second kappa shape index (κ2) is 8.61. The highest BCUT2D eigenvalue weighted by molar-refractivity contribution is 5.80. The highest BCUT2D eigenvalue weighted by atomic mass is 16.5. The second-order valence-corrected chi connectivity index (χ2v) is 6.43. The Bertz CT molecular complexity index is 774. The third kappa shape index (κ3) is 4.48. The Morgan fingerprint density at radius 1 is 1.27 bits per heavy atom. The number of nitrogens with zero attached hydrogens (tertiary/aromatic N) is 1. The Labute approximate surface area is 155 Å². The van der Waals surface area contributed by atoms with E-state index in [1.54, 1.807) is 7.11 Å². The predicted octanol–water partition coefficient (Wildman–Crippen LogP) is 3.58. The molecule has 1 aliphatic rings. The van der Waals surface area contributed by atoms with Crippen LogP contribution in [-0.2, 0) is 6.54 Å². The minimum absolute atomic E-state index is 0.199. The number of benzene rings is 2. The number of aryl methyl sites for hydroxylation is 1. The largest absolute Gasteiger partial charge is 0.497 e. The summed E-state index contributed by atoms with van der Waals surface area (Å²) in [7, 11) is 1.69. The van der Waals surface area contributed by atoms with Gasteiger partial charge in [0.1, 0.15) is 11.5 Å². The van der Waals surface area contributed by atoms with Crippen LogP contribution in [0.3, 0.4) is 0 Å². The van der Waals surface area contributed by atoms with Crippen molar-refractivity contribution in [2.45, 2.75) is 32.9 Å². The molecule has 0 saturated carbocycles. The first-order valence-corrected chi connectivity index (χ1v) is 9.10. The van der Waals surface area contributed by atoms with Gasteiger partial charge in [-0.2, -0.15) is 0 Å². The van der Waals surface area contributed by atoms with E-state index in [0.29, 0.717) is 13.2 Å². The van der Waals surface area contributed by atoms with Crippen molar-refractivity contribution in [3.05, 3.63) is 59.2 Å². The molecule has 0 radical (unpaired) electrons. The van der Waals surface area contributed by atoms with Crippen molar-refractivity contribution < 1.29 is 9.47 Å². The molecule has 1 atom stereocenters. The fourth-order valence-electron chi connectivity index (χ4n) is 3.18. The summed E-state index contributed by atoms with van der Waals surface area (Å²) in [6.45, 7) is 6.26. The Kier molecular flexibility index (Phi) is 6.00. The molecule has 5 heteroatoms. The molecule has 1 heterocycles. The molecule has 138 valence electrons. The molecule has 0 aromatic heterocycles. The van der Waals surface area contributed by atoms with Crippen LogP contribution in [0.4, 0.5) is 0 Å². The van der Waals surface area contributed by atoms with Gasteiger partial charge in [-0.25, -0.2) is 4.99 Å². The van der Waals surface area contributed by atoms with Crippen molar-refractivity contribution in [1.82, 2.24) is 10.6 Å². The SMILES string of the molecule is CCNC(=NCc1cc(C)cc(OC)c1)NC1CCOc2ccccc21. The molecule has 0 spiro atoms. The van der Waals surface area contributed by atoms with E-state index in [0.717, 1.165) is 36.0 Å². The van der Waals surface area contributed by atoms with Gasteiger partial charge in [0.05, 0.1) is 26.3 Å². The number of fused-ring (bicyclic) bond motifs is 1. The first-order valence-electron chi connectivity index (χ1n) is 9.10. The molecule has 0 saturated heterocycles. The van der Waals surface area contributed by atoms with Crippen LogP contribution < -0.4 is 20.1 Å². The molecule has 2 N–H and O–H groups in total. The first-order chi connectivity index (χ1) is 12.7. The normalized spacial score (nSPS) is 16.4. The van der Waals surface area contributed by atoms with Crippen LogP contribution in [0, 0.1) is 6.92 Å². The number of hydrogen-bond donors (Lipinski definition) is 2. The van der Waals surface area contributed by atoms with Crippen LogP contribution in [0.2, 0.25) is 0 Å². The fraction of sp³-hybridized carbons (Fsp3) is 0.381. The number of para-hydroxylation sites is 1. The van der Waals surface area contributed by atoms with Crippen LogP contribution in [0.25, 0.3) is 0 Å². The van der Waals surface area contributed by atoms with Gasteiger partial charge >= 0.3 is 0 Å². The van der Waals surface area contributed by atoms with E-state index < -0.39 is 0 Å². The zero-order valence-electron chi connectivity index (χ0n) is 15.7. The zero-order chi connectivity index (χ0) is 18.4. The second-order valence-electron chi connectivity index (χ2n) is 6.43. The molecule has 2 aromatic carbocycles. The highest BCUT2D eigenvalue weighted by Crippen LogP contribution is 2.31. The summed E-state index contributed by atoms with van der Waals surface area (Å²) in [5.41, 5.74) is 3.49. The molecule has 3 rings (SSSR count). The maximum Gasteiger partial charge on any atom is 0.192 e. The van der Waals surface area contributed by atoms with Gasteiger partial charge in [0.2, 0.25) is 0 Å². The molecule has 0 fully saturated rings. The van der Waals surface area contributed by atoms with Crippen LogP contribution in [-0.4, -0.2) is 26.2 Å². The Morgan fingerprint density at radius 2 is 2.12 bits per heavy atom. The van der Waals surface area contributed by atoms with E-state index in [1.807, 2.05) is 30.3 Å². The smallest absolute Gasteiger partial charge is 0.192 e. The van der Waals surface area contributed by atoms with Crippen LogP contribution in [0.1, 0.15) is 36.1 Å². The molecule has 0 amide bonds. The summed E-state index contributed by atoms with van der Waals surface area (Å²) in [5, 5.41) is 6.90. The lowest BCUT2D eigenvalue weighted by Gasteiger charge is -2.28. The van der Waals surface area contributed by atoms with Crippen molar-refractivity contribution >= 4 is 5.96 Å². The molecular formula is C21H27N3O2. The van der Waals surface area contributed by atoms with Crippen molar-refractivity contribution in [2.75, 3.05) is 20.3 Å². The van der Waals surface area contributed by atoms with Crippen LogP contribution >= 0.6 is 0 Å². The quantitative estimate of drug-likeness (QED) is 0.637. The van der Waals surface area contributed by atoms with Gasteiger partial charge in [0, 0.05) is 18.5 Å². The lowest BCUT2D eigenvalue weighted by molar-refractivity contribution is 0.261. The van der Waals surface area contributed by atoms with Crippen LogP contribution in [0.5, 0.6) is 11.5 Å². The van der Waals surface area contributed by atoms with Gasteiger partial charge in [-0.15, -0.1) is 0 Å². The average molecular weight is 353 g/mol. The summed E-state index contributed by atoms with van der Waals surface area (Å²) in [6.07, 6.45) is 0.916. The Morgan fingerprint density at radius 3 is 2.92 bits per heavy atom. The van der Waals surface area contributed by atoms with E-state index >= 15 is 0 Å². The molecular weight excluding hydrogens is 326 g/mol. The minimum Gasteiger partial charge on any atom is -0.497 e. The monoisotopic (exact) mass is 353 g/mol. The average Bonchev–Trinajstić information content (AvgIpc) is 2.66. The van der Waals surface area contributed by atoms with Gasteiger partial charge in [0.15, 0.2) is 5.96 Å². The van der Waals surface area contributed by atoms with E-state index in [9.17, 15) is 0 Å². The number of rotatable bonds is 5. The summed E-state index contributed by atoms with van der Waals surface area (Å²) in [6, 6.07) is 14.6. The summed E-state index contributed by atoms with van der Waals surface area (Å²) in [5.74, 6) is 2.64. The van der Waals surface area contributed by atoms with E-state index in [4.69, 9.17) is 14.5 Å².